The zero-order valence-corrected chi connectivity index (χ0v) is 14.0. The Kier molecular flexibility index (Phi) is 3.28. The molecule has 0 aliphatic heterocycles. The number of methoxy groups -OCH3 is 1. The minimum atomic E-state index is 0.167. The highest BCUT2D eigenvalue weighted by Gasteiger charge is 2.51. The van der Waals surface area contributed by atoms with E-state index in [9.17, 15) is 0 Å². The SMILES string of the molecule is COC12CCC(C(C)c3cc(Cl)cc4[nH]ncc34)(CC1)CC2. The molecule has 2 bridgehead atoms. The van der Waals surface area contributed by atoms with Crippen molar-refractivity contribution < 1.29 is 4.74 Å². The summed E-state index contributed by atoms with van der Waals surface area (Å²) in [5, 5.41) is 9.29. The third-order valence-corrected chi connectivity index (χ3v) is 6.83. The lowest BCUT2D eigenvalue weighted by molar-refractivity contribution is -0.122. The lowest BCUT2D eigenvalue weighted by Crippen LogP contribution is -2.49. The van der Waals surface area contributed by atoms with Crippen molar-refractivity contribution in [1.82, 2.24) is 10.2 Å². The van der Waals surface area contributed by atoms with Crippen LogP contribution in [0.4, 0.5) is 0 Å². The minimum absolute atomic E-state index is 0.167. The molecule has 1 N–H and O–H groups in total. The number of fused-ring (bicyclic) bond motifs is 4. The van der Waals surface area contributed by atoms with Crippen LogP contribution in [0.25, 0.3) is 10.9 Å². The van der Waals surface area contributed by atoms with E-state index in [2.05, 4.69) is 23.2 Å². The van der Waals surface area contributed by atoms with Crippen molar-refractivity contribution in [1.29, 1.82) is 0 Å². The molecule has 3 fully saturated rings. The third kappa shape index (κ3) is 2.02. The van der Waals surface area contributed by atoms with E-state index in [0.717, 1.165) is 10.5 Å². The van der Waals surface area contributed by atoms with Gasteiger partial charge in [0.25, 0.3) is 0 Å². The third-order valence-electron chi connectivity index (χ3n) is 6.61. The van der Waals surface area contributed by atoms with Crippen molar-refractivity contribution in [3.05, 3.63) is 28.9 Å². The second-order valence-electron chi connectivity index (χ2n) is 7.30. The van der Waals surface area contributed by atoms with Gasteiger partial charge in [-0.05, 0) is 67.6 Å². The van der Waals surface area contributed by atoms with Gasteiger partial charge < -0.3 is 4.74 Å². The Morgan fingerprint density at radius 3 is 2.50 bits per heavy atom. The number of nitrogens with one attached hydrogen (secondary N) is 1. The summed E-state index contributed by atoms with van der Waals surface area (Å²) in [7, 11) is 1.88. The molecular formula is C18H23ClN2O. The summed E-state index contributed by atoms with van der Waals surface area (Å²) in [4.78, 5) is 0. The first-order valence-corrected chi connectivity index (χ1v) is 8.63. The largest absolute Gasteiger partial charge is 0.378 e. The molecule has 3 saturated carbocycles. The van der Waals surface area contributed by atoms with E-state index in [0.29, 0.717) is 11.3 Å². The van der Waals surface area contributed by atoms with Gasteiger partial charge in [-0.15, -0.1) is 0 Å². The number of hydrogen-bond donors (Lipinski definition) is 1. The topological polar surface area (TPSA) is 37.9 Å². The van der Waals surface area contributed by atoms with E-state index >= 15 is 0 Å². The van der Waals surface area contributed by atoms with Gasteiger partial charge >= 0.3 is 0 Å². The van der Waals surface area contributed by atoms with Crippen LogP contribution in [0.2, 0.25) is 5.02 Å². The number of aromatic amines is 1. The monoisotopic (exact) mass is 318 g/mol. The Bertz CT molecular complexity index is 684. The molecule has 1 atom stereocenters. The molecule has 3 nitrogen and oxygen atoms in total. The van der Waals surface area contributed by atoms with Crippen molar-refractivity contribution in [2.75, 3.05) is 7.11 Å². The average molecular weight is 319 g/mol. The Hall–Kier alpha value is -1.06. The van der Waals surface area contributed by atoms with Gasteiger partial charge in [-0.25, -0.2) is 0 Å². The van der Waals surface area contributed by atoms with E-state index in [1.807, 2.05) is 19.4 Å². The highest BCUT2D eigenvalue weighted by atomic mass is 35.5. The normalized spacial score (nSPS) is 32.5. The average Bonchev–Trinajstić information content (AvgIpc) is 3.03. The van der Waals surface area contributed by atoms with Gasteiger partial charge in [0.2, 0.25) is 0 Å². The van der Waals surface area contributed by atoms with Crippen molar-refractivity contribution in [2.45, 2.75) is 57.0 Å². The molecule has 22 heavy (non-hydrogen) atoms. The molecule has 4 heteroatoms. The molecule has 118 valence electrons. The summed E-state index contributed by atoms with van der Waals surface area (Å²) in [6.07, 6.45) is 9.31. The highest BCUT2D eigenvalue weighted by molar-refractivity contribution is 6.31. The molecule has 1 aromatic carbocycles. The maximum Gasteiger partial charge on any atom is 0.0679 e. The summed E-state index contributed by atoms with van der Waals surface area (Å²) < 4.78 is 5.84. The fourth-order valence-corrected chi connectivity index (χ4v) is 5.09. The first-order chi connectivity index (χ1) is 10.6. The van der Waals surface area contributed by atoms with E-state index in [-0.39, 0.29) is 5.60 Å². The van der Waals surface area contributed by atoms with Crippen LogP contribution < -0.4 is 0 Å². The van der Waals surface area contributed by atoms with Gasteiger partial charge in [-0.3, -0.25) is 5.10 Å². The number of rotatable bonds is 3. The van der Waals surface area contributed by atoms with Crippen LogP contribution in [-0.4, -0.2) is 22.9 Å². The molecular weight excluding hydrogens is 296 g/mol. The molecule has 3 aliphatic carbocycles. The van der Waals surface area contributed by atoms with Gasteiger partial charge in [0, 0.05) is 17.5 Å². The molecule has 1 unspecified atom stereocenters. The van der Waals surface area contributed by atoms with E-state index in [4.69, 9.17) is 16.3 Å². The predicted molar refractivity (Wildman–Crippen MR) is 89.4 cm³/mol. The van der Waals surface area contributed by atoms with Gasteiger partial charge in [0.1, 0.15) is 0 Å². The summed E-state index contributed by atoms with van der Waals surface area (Å²) in [6.45, 7) is 2.38. The van der Waals surface area contributed by atoms with Gasteiger partial charge in [-0.1, -0.05) is 18.5 Å². The van der Waals surface area contributed by atoms with Crippen LogP contribution in [0.3, 0.4) is 0 Å². The van der Waals surface area contributed by atoms with E-state index < -0.39 is 0 Å². The second-order valence-corrected chi connectivity index (χ2v) is 7.73. The van der Waals surface area contributed by atoms with Crippen LogP contribution in [0, 0.1) is 5.41 Å². The maximum absolute atomic E-state index is 6.34. The molecule has 0 amide bonds. The van der Waals surface area contributed by atoms with Crippen molar-refractivity contribution in [2.24, 2.45) is 5.41 Å². The van der Waals surface area contributed by atoms with Crippen molar-refractivity contribution >= 4 is 22.5 Å². The minimum Gasteiger partial charge on any atom is -0.378 e. The number of H-pyrrole nitrogens is 1. The fraction of sp³-hybridized carbons (Fsp3) is 0.611. The maximum atomic E-state index is 6.34. The Morgan fingerprint density at radius 2 is 1.86 bits per heavy atom. The summed E-state index contributed by atoms with van der Waals surface area (Å²) in [5.74, 6) is 0.501. The number of nitrogens with zero attached hydrogens (tertiary/aromatic N) is 1. The quantitative estimate of drug-likeness (QED) is 0.859. The van der Waals surface area contributed by atoms with Crippen LogP contribution in [0.15, 0.2) is 18.3 Å². The molecule has 1 heterocycles. The van der Waals surface area contributed by atoms with Crippen LogP contribution >= 0.6 is 11.6 Å². The lowest BCUT2D eigenvalue weighted by Gasteiger charge is -2.55. The number of aromatic nitrogens is 2. The molecule has 5 rings (SSSR count). The number of ether oxygens (including phenoxy) is 1. The smallest absolute Gasteiger partial charge is 0.0679 e. The zero-order chi connectivity index (χ0) is 15.4. The highest BCUT2D eigenvalue weighted by Crippen LogP contribution is 2.60. The Labute approximate surface area is 136 Å². The van der Waals surface area contributed by atoms with Crippen molar-refractivity contribution in [3.8, 4) is 0 Å². The van der Waals surface area contributed by atoms with E-state index in [1.54, 1.807) is 0 Å². The number of hydrogen-bond acceptors (Lipinski definition) is 2. The predicted octanol–water partition coefficient (Wildman–Crippen LogP) is 5.06. The van der Waals surface area contributed by atoms with E-state index in [1.165, 1.54) is 49.5 Å². The molecule has 0 saturated heterocycles. The van der Waals surface area contributed by atoms with Crippen LogP contribution in [-0.2, 0) is 4.74 Å². The number of benzene rings is 1. The standard InChI is InChI=1S/C18H23ClN2O/c1-12(14-9-13(19)10-16-15(14)11-20-21-16)17-3-6-18(22-2,7-4-17)8-5-17/h9-12H,3-8H2,1-2H3,(H,20,21). The molecule has 3 aliphatic rings. The van der Waals surface area contributed by atoms with Crippen molar-refractivity contribution in [3.63, 3.8) is 0 Å². The molecule has 0 radical (unpaired) electrons. The van der Waals surface area contributed by atoms with Crippen LogP contribution in [0.1, 0.15) is 56.9 Å². The Balaban J connectivity index is 1.72. The zero-order valence-electron chi connectivity index (χ0n) is 13.3. The lowest BCUT2D eigenvalue weighted by atomic mass is 9.53. The van der Waals surface area contributed by atoms with Crippen LogP contribution in [0.5, 0.6) is 0 Å². The molecule has 0 spiro atoms. The molecule has 2 aromatic rings. The second kappa shape index (κ2) is 4.97. The first-order valence-electron chi connectivity index (χ1n) is 8.25. The van der Waals surface area contributed by atoms with Gasteiger partial charge in [0.15, 0.2) is 0 Å². The fourth-order valence-electron chi connectivity index (χ4n) is 4.87. The molecule has 1 aromatic heterocycles. The van der Waals surface area contributed by atoms with Gasteiger partial charge in [0.05, 0.1) is 17.3 Å². The summed E-state index contributed by atoms with van der Waals surface area (Å²) in [6, 6.07) is 4.11. The Morgan fingerprint density at radius 1 is 1.18 bits per heavy atom. The van der Waals surface area contributed by atoms with Gasteiger partial charge in [-0.2, -0.15) is 5.10 Å². The number of halogens is 1. The summed E-state index contributed by atoms with van der Waals surface area (Å²) in [5.41, 5.74) is 2.96. The first kappa shape index (κ1) is 14.5. The summed E-state index contributed by atoms with van der Waals surface area (Å²) >= 11 is 6.34.